The number of amides is 3. The van der Waals surface area contributed by atoms with Crippen molar-refractivity contribution in [2.45, 2.75) is 20.3 Å². The lowest BCUT2D eigenvalue weighted by atomic mass is 9.63. The SMILES string of the molecule is Cc1ccc(NC(=O)c2ccccc2N2C(=O)[C@@H]3[C@H]4C=C[C@@H]([C@@H]5C[C@H]45)[C@@H]3C2=O)cc1C. The van der Waals surface area contributed by atoms with Gasteiger partial charge < -0.3 is 5.32 Å². The summed E-state index contributed by atoms with van der Waals surface area (Å²) in [5.74, 6) is 0.267. The predicted octanol–water partition coefficient (Wildman–Crippen LogP) is 4.11. The number of carbonyl (C=O) groups is 3. The van der Waals surface area contributed by atoms with Crippen molar-refractivity contribution in [2.24, 2.45) is 35.5 Å². The number of benzene rings is 2. The zero-order valence-electron chi connectivity index (χ0n) is 17.5. The summed E-state index contributed by atoms with van der Waals surface area (Å²) in [6.45, 7) is 4.02. The number of aryl methyl sites for hydroxylation is 2. The van der Waals surface area contributed by atoms with E-state index in [4.69, 9.17) is 0 Å². The van der Waals surface area contributed by atoms with Crippen molar-refractivity contribution in [3.63, 3.8) is 0 Å². The van der Waals surface area contributed by atoms with Gasteiger partial charge in [0, 0.05) is 5.69 Å². The molecule has 156 valence electrons. The molecule has 1 heterocycles. The number of hydrogen-bond acceptors (Lipinski definition) is 3. The summed E-state index contributed by atoms with van der Waals surface area (Å²) in [5, 5.41) is 2.93. The third kappa shape index (κ3) is 2.59. The Kier molecular flexibility index (Phi) is 3.83. The van der Waals surface area contributed by atoms with Crippen LogP contribution in [0, 0.1) is 49.4 Å². The molecule has 31 heavy (non-hydrogen) atoms. The Morgan fingerprint density at radius 2 is 1.55 bits per heavy atom. The van der Waals surface area contributed by atoms with Crippen LogP contribution < -0.4 is 10.2 Å². The molecule has 3 fully saturated rings. The van der Waals surface area contributed by atoms with Crippen LogP contribution in [0.1, 0.15) is 27.9 Å². The number of nitrogens with zero attached hydrogens (tertiary/aromatic N) is 1. The van der Waals surface area contributed by atoms with E-state index < -0.39 is 0 Å². The van der Waals surface area contributed by atoms with Gasteiger partial charge >= 0.3 is 0 Å². The Balaban J connectivity index is 1.34. The zero-order valence-corrected chi connectivity index (χ0v) is 17.5. The van der Waals surface area contributed by atoms with Crippen molar-refractivity contribution < 1.29 is 14.4 Å². The number of para-hydroxylation sites is 1. The minimum absolute atomic E-state index is 0.147. The highest BCUT2D eigenvalue weighted by molar-refractivity contribution is 6.25. The molecular weight excluding hydrogens is 388 g/mol. The van der Waals surface area contributed by atoms with Gasteiger partial charge in [-0.25, -0.2) is 4.90 Å². The summed E-state index contributed by atoms with van der Waals surface area (Å²) >= 11 is 0. The molecule has 0 unspecified atom stereocenters. The number of hydrogen-bond donors (Lipinski definition) is 1. The molecule has 5 aliphatic rings. The molecule has 1 saturated heterocycles. The van der Waals surface area contributed by atoms with Crippen molar-refractivity contribution in [1.29, 1.82) is 0 Å². The van der Waals surface area contributed by atoms with E-state index in [0.717, 1.165) is 17.5 Å². The van der Waals surface area contributed by atoms with E-state index >= 15 is 0 Å². The van der Waals surface area contributed by atoms with Crippen molar-refractivity contribution in [1.82, 2.24) is 0 Å². The largest absolute Gasteiger partial charge is 0.322 e. The minimum atomic E-state index is -0.321. The molecule has 0 aromatic heterocycles. The van der Waals surface area contributed by atoms with Crippen LogP contribution in [0.25, 0.3) is 0 Å². The minimum Gasteiger partial charge on any atom is -0.322 e. The third-order valence-corrected chi connectivity index (χ3v) is 7.82. The highest BCUT2D eigenvalue weighted by atomic mass is 16.2. The molecule has 6 atom stereocenters. The number of carbonyl (C=O) groups excluding carboxylic acids is 3. The van der Waals surface area contributed by atoms with Crippen molar-refractivity contribution in [3.05, 3.63) is 71.3 Å². The summed E-state index contributed by atoms with van der Waals surface area (Å²) in [4.78, 5) is 41.4. The summed E-state index contributed by atoms with van der Waals surface area (Å²) in [7, 11) is 0. The molecule has 7 rings (SSSR count). The quantitative estimate of drug-likeness (QED) is 0.609. The smallest absolute Gasteiger partial charge is 0.257 e. The standard InChI is InChI=1S/C26H24N2O3/c1-13-7-8-15(11-14(13)2)27-24(29)18-5-3-4-6-21(18)28-25(30)22-16-9-10-17(20-12-19(16)20)23(22)26(28)31/h3-11,16-17,19-20,22-23H,12H2,1-2H3,(H,27,29)/t16-,17-,19-,20+,22-,23+/m0/s1. The first-order valence-corrected chi connectivity index (χ1v) is 11.0. The van der Waals surface area contributed by atoms with E-state index in [2.05, 4.69) is 17.5 Å². The van der Waals surface area contributed by atoms with Gasteiger partial charge in [0.2, 0.25) is 11.8 Å². The van der Waals surface area contributed by atoms with Crippen LogP contribution >= 0.6 is 0 Å². The fourth-order valence-electron chi connectivity index (χ4n) is 6.07. The summed E-state index contributed by atoms with van der Waals surface area (Å²) in [6, 6.07) is 12.7. The second kappa shape index (κ2) is 6.39. The molecule has 4 aliphatic carbocycles. The van der Waals surface area contributed by atoms with Gasteiger partial charge in [-0.05, 0) is 79.3 Å². The molecule has 0 spiro atoms. The molecule has 2 aromatic rings. The highest BCUT2D eigenvalue weighted by Crippen LogP contribution is 2.65. The number of allylic oxidation sites excluding steroid dienone is 2. The number of rotatable bonds is 3. The van der Waals surface area contributed by atoms with Gasteiger partial charge in [-0.15, -0.1) is 0 Å². The molecule has 2 bridgehead atoms. The lowest BCUT2D eigenvalue weighted by Gasteiger charge is -2.37. The van der Waals surface area contributed by atoms with Crippen molar-refractivity contribution in [3.8, 4) is 0 Å². The van der Waals surface area contributed by atoms with Gasteiger partial charge in [-0.2, -0.15) is 0 Å². The fraction of sp³-hybridized carbons (Fsp3) is 0.346. The van der Waals surface area contributed by atoms with Gasteiger partial charge in [0.15, 0.2) is 0 Å². The Morgan fingerprint density at radius 3 is 2.19 bits per heavy atom. The number of imide groups is 1. The van der Waals surface area contributed by atoms with Crippen LogP contribution in [0.2, 0.25) is 0 Å². The molecule has 5 heteroatoms. The van der Waals surface area contributed by atoms with Crippen molar-refractivity contribution >= 4 is 29.1 Å². The van der Waals surface area contributed by atoms with Gasteiger partial charge in [0.1, 0.15) is 0 Å². The van der Waals surface area contributed by atoms with E-state index in [0.29, 0.717) is 28.8 Å². The average molecular weight is 412 g/mol. The lowest BCUT2D eigenvalue weighted by molar-refractivity contribution is -0.124. The first-order chi connectivity index (χ1) is 15.0. The Hall–Kier alpha value is -3.21. The van der Waals surface area contributed by atoms with Crippen LogP contribution in [0.3, 0.4) is 0 Å². The van der Waals surface area contributed by atoms with Crippen LogP contribution in [0.5, 0.6) is 0 Å². The van der Waals surface area contributed by atoms with Crippen LogP contribution in [-0.4, -0.2) is 17.7 Å². The second-order valence-electron chi connectivity index (χ2n) is 9.44. The molecule has 2 aromatic carbocycles. The van der Waals surface area contributed by atoms with E-state index in [1.54, 1.807) is 24.3 Å². The molecule has 2 saturated carbocycles. The van der Waals surface area contributed by atoms with Crippen LogP contribution in [0.15, 0.2) is 54.6 Å². The highest BCUT2D eigenvalue weighted by Gasteiger charge is 2.67. The summed E-state index contributed by atoms with van der Waals surface area (Å²) in [6.07, 6.45) is 5.45. The summed E-state index contributed by atoms with van der Waals surface area (Å²) in [5.41, 5.74) is 3.66. The lowest BCUT2D eigenvalue weighted by Crippen LogP contribution is -2.40. The topological polar surface area (TPSA) is 66.5 Å². The Bertz CT molecular complexity index is 1150. The normalized spacial score (nSPS) is 32.1. The maximum atomic E-state index is 13.5. The molecule has 0 radical (unpaired) electrons. The van der Waals surface area contributed by atoms with Crippen molar-refractivity contribution in [2.75, 3.05) is 10.2 Å². The van der Waals surface area contributed by atoms with E-state index in [1.807, 2.05) is 32.0 Å². The Morgan fingerprint density at radius 1 is 0.903 bits per heavy atom. The summed E-state index contributed by atoms with van der Waals surface area (Å²) < 4.78 is 0. The molecule has 1 aliphatic heterocycles. The molecule has 1 N–H and O–H groups in total. The van der Waals surface area contributed by atoms with E-state index in [-0.39, 0.29) is 41.4 Å². The number of anilines is 2. The third-order valence-electron chi connectivity index (χ3n) is 7.82. The first kappa shape index (κ1) is 18.6. The molecular formula is C26H24N2O3. The van der Waals surface area contributed by atoms with Crippen LogP contribution in [0.4, 0.5) is 11.4 Å². The van der Waals surface area contributed by atoms with Gasteiger partial charge in [0.05, 0.1) is 23.1 Å². The first-order valence-electron chi connectivity index (χ1n) is 11.0. The monoisotopic (exact) mass is 412 g/mol. The zero-order chi connectivity index (χ0) is 21.4. The van der Waals surface area contributed by atoms with E-state index in [9.17, 15) is 14.4 Å². The maximum absolute atomic E-state index is 13.5. The van der Waals surface area contributed by atoms with Gasteiger partial charge in [-0.1, -0.05) is 30.4 Å². The average Bonchev–Trinajstić information content (AvgIpc) is 3.54. The predicted molar refractivity (Wildman–Crippen MR) is 118 cm³/mol. The Labute approximate surface area is 181 Å². The number of nitrogens with one attached hydrogen (secondary N) is 1. The van der Waals surface area contributed by atoms with Gasteiger partial charge in [-0.3, -0.25) is 14.4 Å². The van der Waals surface area contributed by atoms with Gasteiger partial charge in [0.25, 0.3) is 5.91 Å². The molecule has 3 amide bonds. The maximum Gasteiger partial charge on any atom is 0.257 e. The van der Waals surface area contributed by atoms with E-state index in [1.165, 1.54) is 4.90 Å². The fourth-order valence-corrected chi connectivity index (χ4v) is 6.07. The molecule has 5 nitrogen and oxygen atoms in total. The second-order valence-corrected chi connectivity index (χ2v) is 9.44. The van der Waals surface area contributed by atoms with Crippen LogP contribution in [-0.2, 0) is 9.59 Å².